The predicted octanol–water partition coefficient (Wildman–Crippen LogP) is 4.72. The van der Waals surface area contributed by atoms with E-state index >= 15 is 0 Å². The molecule has 0 radical (unpaired) electrons. The summed E-state index contributed by atoms with van der Waals surface area (Å²) < 4.78 is 11.7. The molecule has 6 heteroatoms. The summed E-state index contributed by atoms with van der Waals surface area (Å²) in [5.41, 5.74) is 1.10. The van der Waals surface area contributed by atoms with Crippen LogP contribution in [0.1, 0.15) is 15.9 Å². The molecule has 0 aliphatic rings. The minimum atomic E-state index is -1.10. The van der Waals surface area contributed by atoms with Crippen molar-refractivity contribution >= 4 is 22.6 Å². The highest BCUT2D eigenvalue weighted by molar-refractivity contribution is 6.04. The molecule has 0 bridgehead atoms. The quantitative estimate of drug-likeness (QED) is 0.338. The second-order valence-electron chi connectivity index (χ2n) is 7.73. The summed E-state index contributed by atoms with van der Waals surface area (Å²) in [6.45, 7) is 0.510. The zero-order valence-corrected chi connectivity index (χ0v) is 18.5. The third-order valence-corrected chi connectivity index (χ3v) is 5.35. The van der Waals surface area contributed by atoms with E-state index in [0.717, 1.165) is 22.1 Å². The number of para-hydroxylation sites is 1. The van der Waals surface area contributed by atoms with Crippen molar-refractivity contribution in [3.05, 3.63) is 108 Å². The van der Waals surface area contributed by atoms with E-state index in [9.17, 15) is 14.7 Å². The molecule has 4 aromatic rings. The molecular formula is C28H25NO5. The fraction of sp³-hybridized carbons (Fsp3) is 0.143. The van der Waals surface area contributed by atoms with Crippen LogP contribution in [0.3, 0.4) is 0 Å². The first kappa shape index (κ1) is 22.9. The van der Waals surface area contributed by atoms with Crippen molar-refractivity contribution in [3.63, 3.8) is 0 Å². The molecule has 0 aliphatic carbocycles. The van der Waals surface area contributed by atoms with Gasteiger partial charge in [-0.25, -0.2) is 4.79 Å². The van der Waals surface area contributed by atoms with Gasteiger partial charge in [0, 0.05) is 11.8 Å². The highest BCUT2D eigenvalue weighted by atomic mass is 16.5. The Morgan fingerprint density at radius 2 is 1.41 bits per heavy atom. The highest BCUT2D eigenvalue weighted by Crippen LogP contribution is 2.30. The Balaban J connectivity index is 1.53. The lowest BCUT2D eigenvalue weighted by atomic mass is 10.0. The van der Waals surface area contributed by atoms with Crippen molar-refractivity contribution < 1.29 is 24.2 Å². The third kappa shape index (κ3) is 5.72. The lowest BCUT2D eigenvalue weighted by Crippen LogP contribution is -2.42. The second kappa shape index (κ2) is 11.0. The lowest BCUT2D eigenvalue weighted by molar-refractivity contribution is -0.139. The molecule has 34 heavy (non-hydrogen) atoms. The fourth-order valence-corrected chi connectivity index (χ4v) is 3.68. The first-order valence-electron chi connectivity index (χ1n) is 11.0. The Morgan fingerprint density at radius 3 is 2.15 bits per heavy atom. The smallest absolute Gasteiger partial charge is 0.326 e. The number of carbonyl (C=O) groups is 2. The largest absolute Gasteiger partial charge is 0.490 e. The van der Waals surface area contributed by atoms with Crippen LogP contribution in [0.4, 0.5) is 0 Å². The first-order chi connectivity index (χ1) is 16.6. The van der Waals surface area contributed by atoms with E-state index in [0.29, 0.717) is 12.4 Å². The SMILES string of the molecule is O=C(N[C@@H](Cc1ccccc1)C(=O)O)c1ccc2ccccc2c1OCCOc1ccccc1. The molecule has 0 fully saturated rings. The second-order valence-corrected chi connectivity index (χ2v) is 7.73. The first-order valence-corrected chi connectivity index (χ1v) is 11.0. The summed E-state index contributed by atoms with van der Waals surface area (Å²) in [5, 5.41) is 14.0. The standard InChI is InChI=1S/C28H25NO5/c30-27(29-25(28(31)32)19-20-9-3-1-4-10-20)24-16-15-21-11-7-8-14-23(21)26(24)34-18-17-33-22-12-5-2-6-13-22/h1-16,25H,17-19H2,(H,29,30)(H,31,32)/t25-/m0/s1. The van der Waals surface area contributed by atoms with Crippen molar-refractivity contribution in [2.75, 3.05) is 13.2 Å². The summed E-state index contributed by atoms with van der Waals surface area (Å²) in [4.78, 5) is 25.0. The Labute approximate surface area is 197 Å². The highest BCUT2D eigenvalue weighted by Gasteiger charge is 2.24. The molecule has 4 aromatic carbocycles. The number of hydrogen-bond acceptors (Lipinski definition) is 4. The lowest BCUT2D eigenvalue weighted by Gasteiger charge is -2.18. The molecule has 0 heterocycles. The number of hydrogen-bond donors (Lipinski definition) is 2. The van der Waals surface area contributed by atoms with Crippen LogP contribution in [0, 0.1) is 0 Å². The average molecular weight is 456 g/mol. The molecule has 1 atom stereocenters. The van der Waals surface area contributed by atoms with Crippen molar-refractivity contribution in [2.45, 2.75) is 12.5 Å². The molecule has 6 nitrogen and oxygen atoms in total. The van der Waals surface area contributed by atoms with Gasteiger partial charge in [0.2, 0.25) is 0 Å². The van der Waals surface area contributed by atoms with Gasteiger partial charge in [-0.1, -0.05) is 78.9 Å². The summed E-state index contributed by atoms with van der Waals surface area (Å²) in [7, 11) is 0. The zero-order chi connectivity index (χ0) is 23.8. The van der Waals surface area contributed by atoms with Crippen LogP contribution in [0.2, 0.25) is 0 Å². The Hall–Kier alpha value is -4.32. The normalized spacial score (nSPS) is 11.5. The molecule has 172 valence electrons. The van der Waals surface area contributed by atoms with E-state index < -0.39 is 17.9 Å². The molecule has 0 saturated heterocycles. The van der Waals surface area contributed by atoms with Crippen molar-refractivity contribution in [3.8, 4) is 11.5 Å². The van der Waals surface area contributed by atoms with Gasteiger partial charge in [-0.05, 0) is 29.1 Å². The van der Waals surface area contributed by atoms with Crippen LogP contribution in [-0.4, -0.2) is 36.2 Å². The van der Waals surface area contributed by atoms with Gasteiger partial charge in [0.05, 0.1) is 5.56 Å². The number of amides is 1. The molecule has 0 spiro atoms. The van der Waals surface area contributed by atoms with Gasteiger partial charge in [-0.2, -0.15) is 0 Å². The van der Waals surface area contributed by atoms with E-state index in [1.165, 1.54) is 0 Å². The van der Waals surface area contributed by atoms with Crippen LogP contribution in [0.15, 0.2) is 97.1 Å². The van der Waals surface area contributed by atoms with Gasteiger partial charge in [0.1, 0.15) is 30.8 Å². The fourth-order valence-electron chi connectivity index (χ4n) is 3.68. The Bertz CT molecular complexity index is 1260. The molecule has 4 rings (SSSR count). The topological polar surface area (TPSA) is 84.9 Å². The van der Waals surface area contributed by atoms with Gasteiger partial charge >= 0.3 is 5.97 Å². The van der Waals surface area contributed by atoms with Crippen molar-refractivity contribution in [1.29, 1.82) is 0 Å². The van der Waals surface area contributed by atoms with Crippen molar-refractivity contribution in [1.82, 2.24) is 5.32 Å². The van der Waals surface area contributed by atoms with E-state index in [1.807, 2.05) is 91.0 Å². The molecule has 0 unspecified atom stereocenters. The summed E-state index contributed by atoms with van der Waals surface area (Å²) >= 11 is 0. The molecule has 0 aromatic heterocycles. The van der Waals surface area contributed by atoms with Gasteiger partial charge in [-0.3, -0.25) is 4.79 Å². The van der Waals surface area contributed by atoms with E-state index in [4.69, 9.17) is 9.47 Å². The number of nitrogens with one attached hydrogen (secondary N) is 1. The van der Waals surface area contributed by atoms with Crippen LogP contribution >= 0.6 is 0 Å². The molecular weight excluding hydrogens is 430 g/mol. The van der Waals surface area contributed by atoms with Crippen LogP contribution in [0.25, 0.3) is 10.8 Å². The summed E-state index contributed by atoms with van der Waals surface area (Å²) in [6.07, 6.45) is 0.177. The summed E-state index contributed by atoms with van der Waals surface area (Å²) in [6, 6.07) is 28.6. The number of carboxylic acid groups (broad SMARTS) is 1. The van der Waals surface area contributed by atoms with Crippen LogP contribution in [0.5, 0.6) is 11.5 Å². The van der Waals surface area contributed by atoms with Gasteiger partial charge < -0.3 is 19.9 Å². The number of aliphatic carboxylic acids is 1. The monoisotopic (exact) mass is 455 g/mol. The maximum Gasteiger partial charge on any atom is 0.326 e. The van der Waals surface area contributed by atoms with Crippen molar-refractivity contribution in [2.24, 2.45) is 0 Å². The van der Waals surface area contributed by atoms with Crippen LogP contribution < -0.4 is 14.8 Å². The molecule has 2 N–H and O–H groups in total. The minimum Gasteiger partial charge on any atom is -0.490 e. The predicted molar refractivity (Wildman–Crippen MR) is 130 cm³/mol. The van der Waals surface area contributed by atoms with E-state index in [1.54, 1.807) is 6.07 Å². The van der Waals surface area contributed by atoms with Gasteiger partial charge in [0.15, 0.2) is 0 Å². The zero-order valence-electron chi connectivity index (χ0n) is 18.5. The van der Waals surface area contributed by atoms with Crippen LogP contribution in [-0.2, 0) is 11.2 Å². The number of rotatable bonds is 10. The van der Waals surface area contributed by atoms with Gasteiger partial charge in [0.25, 0.3) is 5.91 Å². The number of fused-ring (bicyclic) bond motifs is 1. The number of carboxylic acids is 1. The Kier molecular flexibility index (Phi) is 7.40. The average Bonchev–Trinajstić information content (AvgIpc) is 2.87. The Morgan fingerprint density at radius 1 is 0.765 bits per heavy atom. The maximum absolute atomic E-state index is 13.2. The number of carbonyl (C=O) groups excluding carboxylic acids is 1. The minimum absolute atomic E-state index is 0.177. The maximum atomic E-state index is 13.2. The number of ether oxygens (including phenoxy) is 2. The molecule has 0 saturated carbocycles. The third-order valence-electron chi connectivity index (χ3n) is 5.35. The number of benzene rings is 4. The van der Waals surface area contributed by atoms with E-state index in [-0.39, 0.29) is 18.6 Å². The summed E-state index contributed by atoms with van der Waals surface area (Å²) in [5.74, 6) is -0.479. The van der Waals surface area contributed by atoms with E-state index in [2.05, 4.69) is 5.32 Å². The van der Waals surface area contributed by atoms with Gasteiger partial charge in [-0.15, -0.1) is 0 Å². The molecule has 1 amide bonds. The molecule has 0 aliphatic heterocycles.